The predicted molar refractivity (Wildman–Crippen MR) is 55.8 cm³/mol. The normalized spacial score (nSPS) is 10.6. The van der Waals surface area contributed by atoms with Crippen molar-refractivity contribution < 1.29 is 14.3 Å². The molecular formula is C11H9FN2O2. The molecule has 0 radical (unpaired) electrons. The Balaban J connectivity index is 2.84. The summed E-state index contributed by atoms with van der Waals surface area (Å²) in [4.78, 5) is 18.4. The van der Waals surface area contributed by atoms with Crippen LogP contribution < -0.4 is 0 Å². The van der Waals surface area contributed by atoms with Gasteiger partial charge in [-0.1, -0.05) is 19.1 Å². The largest absolute Gasteiger partial charge is 0.475 e. The van der Waals surface area contributed by atoms with E-state index in [1.165, 1.54) is 6.07 Å². The lowest BCUT2D eigenvalue weighted by molar-refractivity contribution is 0.0683. The number of carbonyl (C=O) groups is 1. The van der Waals surface area contributed by atoms with Gasteiger partial charge >= 0.3 is 5.97 Å². The Kier molecular flexibility index (Phi) is 2.52. The first-order valence-electron chi connectivity index (χ1n) is 4.82. The van der Waals surface area contributed by atoms with Crippen LogP contribution in [0.25, 0.3) is 10.9 Å². The van der Waals surface area contributed by atoms with Crippen molar-refractivity contribution >= 4 is 16.9 Å². The molecule has 1 aromatic carbocycles. The number of aromatic nitrogens is 2. The number of benzene rings is 1. The number of aromatic carboxylic acids is 1. The summed E-state index contributed by atoms with van der Waals surface area (Å²) >= 11 is 0. The summed E-state index contributed by atoms with van der Waals surface area (Å²) in [5.41, 5.74) is 0.605. The average Bonchev–Trinajstić information content (AvgIpc) is 2.28. The highest BCUT2D eigenvalue weighted by molar-refractivity contribution is 5.88. The van der Waals surface area contributed by atoms with Crippen LogP contribution in [-0.2, 0) is 6.42 Å². The molecule has 0 amide bonds. The molecule has 0 fully saturated rings. The van der Waals surface area contributed by atoms with E-state index < -0.39 is 11.8 Å². The fraction of sp³-hybridized carbons (Fsp3) is 0.182. The van der Waals surface area contributed by atoms with E-state index in [0.29, 0.717) is 17.5 Å². The molecule has 16 heavy (non-hydrogen) atoms. The second-order valence-corrected chi connectivity index (χ2v) is 3.29. The SMILES string of the molecule is CCc1nc(C(=O)O)nc2c(F)cccc12. The fourth-order valence-electron chi connectivity index (χ4n) is 1.55. The second-order valence-electron chi connectivity index (χ2n) is 3.29. The molecule has 0 aliphatic carbocycles. The Hall–Kier alpha value is -2.04. The Morgan fingerprint density at radius 3 is 2.81 bits per heavy atom. The van der Waals surface area contributed by atoms with Crippen molar-refractivity contribution in [3.63, 3.8) is 0 Å². The van der Waals surface area contributed by atoms with Crippen LogP contribution in [0.3, 0.4) is 0 Å². The average molecular weight is 220 g/mol. The molecule has 1 aromatic heterocycles. The molecule has 0 atom stereocenters. The minimum absolute atomic E-state index is 0.0618. The molecule has 0 saturated heterocycles. The van der Waals surface area contributed by atoms with Crippen LogP contribution in [0.5, 0.6) is 0 Å². The number of hydrogen-bond acceptors (Lipinski definition) is 3. The minimum atomic E-state index is -1.25. The van der Waals surface area contributed by atoms with Crippen molar-refractivity contribution in [3.05, 3.63) is 35.5 Å². The van der Waals surface area contributed by atoms with Gasteiger partial charge in [-0.2, -0.15) is 0 Å². The molecule has 0 unspecified atom stereocenters. The molecule has 82 valence electrons. The van der Waals surface area contributed by atoms with E-state index in [1.54, 1.807) is 12.1 Å². The van der Waals surface area contributed by atoms with Crippen LogP contribution in [0.4, 0.5) is 4.39 Å². The molecule has 1 heterocycles. The molecule has 0 aliphatic rings. The van der Waals surface area contributed by atoms with Crippen LogP contribution in [-0.4, -0.2) is 21.0 Å². The lowest BCUT2D eigenvalue weighted by atomic mass is 10.1. The lowest BCUT2D eigenvalue weighted by Crippen LogP contribution is -2.07. The van der Waals surface area contributed by atoms with Crippen LogP contribution in [0.2, 0.25) is 0 Å². The van der Waals surface area contributed by atoms with Gasteiger partial charge in [0.05, 0.1) is 5.69 Å². The minimum Gasteiger partial charge on any atom is -0.475 e. The zero-order valence-electron chi connectivity index (χ0n) is 8.57. The van der Waals surface area contributed by atoms with Gasteiger partial charge in [0.1, 0.15) is 11.3 Å². The summed E-state index contributed by atoms with van der Waals surface area (Å²) in [5.74, 6) is -2.15. The van der Waals surface area contributed by atoms with Crippen molar-refractivity contribution in [2.45, 2.75) is 13.3 Å². The third-order valence-corrected chi connectivity index (χ3v) is 2.28. The summed E-state index contributed by atoms with van der Waals surface area (Å²) in [7, 11) is 0. The maximum atomic E-state index is 13.5. The Labute approximate surface area is 90.8 Å². The molecular weight excluding hydrogens is 211 g/mol. The van der Waals surface area contributed by atoms with Crippen LogP contribution >= 0.6 is 0 Å². The molecule has 2 aromatic rings. The zero-order valence-corrected chi connectivity index (χ0v) is 8.57. The third kappa shape index (κ3) is 1.60. The topological polar surface area (TPSA) is 63.1 Å². The smallest absolute Gasteiger partial charge is 0.373 e. The van der Waals surface area contributed by atoms with Crippen molar-refractivity contribution in [2.75, 3.05) is 0 Å². The molecule has 4 nitrogen and oxygen atoms in total. The van der Waals surface area contributed by atoms with Crippen LogP contribution in [0, 0.1) is 5.82 Å². The molecule has 0 aliphatic heterocycles. The number of nitrogens with zero attached hydrogens (tertiary/aromatic N) is 2. The van der Waals surface area contributed by atoms with Gasteiger partial charge in [-0.25, -0.2) is 19.2 Å². The first kappa shape index (κ1) is 10.5. The Bertz CT molecular complexity index is 569. The zero-order chi connectivity index (χ0) is 11.7. The second kappa shape index (κ2) is 3.84. The maximum Gasteiger partial charge on any atom is 0.373 e. The first-order chi connectivity index (χ1) is 7.63. The summed E-state index contributed by atoms with van der Waals surface area (Å²) in [6, 6.07) is 4.49. The van der Waals surface area contributed by atoms with E-state index in [0.717, 1.165) is 0 Å². The number of hydrogen-bond donors (Lipinski definition) is 1. The number of carboxylic acids is 1. The molecule has 2 rings (SSSR count). The van der Waals surface area contributed by atoms with Crippen molar-refractivity contribution in [1.82, 2.24) is 9.97 Å². The predicted octanol–water partition coefficient (Wildman–Crippen LogP) is 2.03. The van der Waals surface area contributed by atoms with Crippen LogP contribution in [0.1, 0.15) is 23.2 Å². The number of aryl methyl sites for hydroxylation is 1. The Morgan fingerprint density at radius 2 is 2.19 bits per heavy atom. The molecule has 1 N–H and O–H groups in total. The molecule has 0 saturated carbocycles. The summed E-state index contributed by atoms with van der Waals surface area (Å²) < 4.78 is 13.5. The van der Waals surface area contributed by atoms with E-state index in [1.807, 2.05) is 6.92 Å². The molecule has 0 bridgehead atoms. The summed E-state index contributed by atoms with van der Waals surface area (Å²) in [6.07, 6.45) is 0.531. The van der Waals surface area contributed by atoms with E-state index in [4.69, 9.17) is 5.11 Å². The van der Waals surface area contributed by atoms with Crippen molar-refractivity contribution in [3.8, 4) is 0 Å². The summed E-state index contributed by atoms with van der Waals surface area (Å²) in [6.45, 7) is 1.83. The highest BCUT2D eigenvalue weighted by atomic mass is 19.1. The highest BCUT2D eigenvalue weighted by Gasteiger charge is 2.13. The fourth-order valence-corrected chi connectivity index (χ4v) is 1.55. The standard InChI is InChI=1S/C11H9FN2O2/c1-2-8-6-4-3-5-7(12)9(6)14-10(13-8)11(15)16/h3-5H,2H2,1H3,(H,15,16). The van der Waals surface area contributed by atoms with Gasteiger partial charge in [0.2, 0.25) is 5.82 Å². The van der Waals surface area contributed by atoms with Gasteiger partial charge in [0, 0.05) is 5.39 Å². The van der Waals surface area contributed by atoms with Crippen molar-refractivity contribution in [1.29, 1.82) is 0 Å². The number of halogens is 1. The molecule has 5 heteroatoms. The highest BCUT2D eigenvalue weighted by Crippen LogP contribution is 2.19. The number of para-hydroxylation sites is 1. The monoisotopic (exact) mass is 220 g/mol. The quantitative estimate of drug-likeness (QED) is 0.841. The van der Waals surface area contributed by atoms with Gasteiger partial charge in [-0.15, -0.1) is 0 Å². The van der Waals surface area contributed by atoms with E-state index in [-0.39, 0.29) is 11.3 Å². The van der Waals surface area contributed by atoms with Crippen LogP contribution in [0.15, 0.2) is 18.2 Å². The van der Waals surface area contributed by atoms with E-state index >= 15 is 0 Å². The summed E-state index contributed by atoms with van der Waals surface area (Å²) in [5, 5.41) is 9.37. The first-order valence-corrected chi connectivity index (χ1v) is 4.82. The lowest BCUT2D eigenvalue weighted by Gasteiger charge is -2.05. The van der Waals surface area contributed by atoms with Crippen molar-refractivity contribution in [2.24, 2.45) is 0 Å². The number of carboxylic acid groups (broad SMARTS) is 1. The van der Waals surface area contributed by atoms with Gasteiger partial charge in [0.15, 0.2) is 0 Å². The van der Waals surface area contributed by atoms with Gasteiger partial charge in [0.25, 0.3) is 0 Å². The Morgan fingerprint density at radius 1 is 1.44 bits per heavy atom. The van der Waals surface area contributed by atoms with Gasteiger partial charge < -0.3 is 5.11 Å². The third-order valence-electron chi connectivity index (χ3n) is 2.28. The van der Waals surface area contributed by atoms with E-state index in [2.05, 4.69) is 9.97 Å². The maximum absolute atomic E-state index is 13.5. The van der Waals surface area contributed by atoms with E-state index in [9.17, 15) is 9.18 Å². The van der Waals surface area contributed by atoms with Gasteiger partial charge in [-0.3, -0.25) is 0 Å². The van der Waals surface area contributed by atoms with Gasteiger partial charge in [-0.05, 0) is 12.5 Å². The number of fused-ring (bicyclic) bond motifs is 1. The number of rotatable bonds is 2. The molecule has 0 spiro atoms.